The molecule has 0 fully saturated rings. The number of hydrogen-bond acceptors (Lipinski definition) is 4. The Morgan fingerprint density at radius 2 is 2.25 bits per heavy atom. The molecule has 0 bridgehead atoms. The van der Waals surface area contributed by atoms with Crippen molar-refractivity contribution in [3.8, 4) is 5.75 Å². The molecule has 88 valence electrons. The Bertz CT molecular complexity index is 381. The number of para-hydroxylation sites is 1. The molecule has 0 radical (unpaired) electrons. The molecule has 0 amide bonds. The van der Waals surface area contributed by atoms with E-state index in [0.29, 0.717) is 12.3 Å². The summed E-state index contributed by atoms with van der Waals surface area (Å²) in [6.07, 6.45) is -0.658. The molecule has 0 saturated carbocycles. The standard InChI is InChI=1S/C11H14BrNO3/c1-7(11(14)15-2)16-10-8(6-13)4-3-5-9(10)12/h3-5,7H,6,13H2,1-2H3. The van der Waals surface area contributed by atoms with E-state index in [1.165, 1.54) is 7.11 Å². The van der Waals surface area contributed by atoms with Crippen LogP contribution in [0.25, 0.3) is 0 Å². The molecule has 0 aromatic heterocycles. The third-order valence-corrected chi connectivity index (χ3v) is 2.72. The minimum Gasteiger partial charge on any atom is -0.478 e. The molecule has 5 heteroatoms. The third kappa shape index (κ3) is 2.96. The van der Waals surface area contributed by atoms with Crippen LogP contribution < -0.4 is 10.5 Å². The Morgan fingerprint density at radius 3 is 2.81 bits per heavy atom. The van der Waals surface area contributed by atoms with Gasteiger partial charge < -0.3 is 15.2 Å². The highest BCUT2D eigenvalue weighted by atomic mass is 79.9. The molecule has 1 atom stereocenters. The van der Waals surface area contributed by atoms with E-state index in [1.54, 1.807) is 6.92 Å². The minimum atomic E-state index is -0.658. The van der Waals surface area contributed by atoms with E-state index in [4.69, 9.17) is 10.5 Å². The van der Waals surface area contributed by atoms with Crippen LogP contribution in [-0.2, 0) is 16.1 Å². The molecule has 1 unspecified atom stereocenters. The van der Waals surface area contributed by atoms with Crippen molar-refractivity contribution in [1.29, 1.82) is 0 Å². The number of halogens is 1. The first kappa shape index (κ1) is 13.0. The van der Waals surface area contributed by atoms with Crippen LogP contribution in [0.5, 0.6) is 5.75 Å². The Kier molecular flexibility index (Phi) is 4.76. The van der Waals surface area contributed by atoms with Crippen molar-refractivity contribution in [3.63, 3.8) is 0 Å². The highest BCUT2D eigenvalue weighted by molar-refractivity contribution is 9.10. The third-order valence-electron chi connectivity index (χ3n) is 2.10. The van der Waals surface area contributed by atoms with Crippen LogP contribution >= 0.6 is 15.9 Å². The first-order valence-corrected chi connectivity index (χ1v) is 5.61. The van der Waals surface area contributed by atoms with Gasteiger partial charge in [0.05, 0.1) is 11.6 Å². The number of esters is 1. The van der Waals surface area contributed by atoms with Gasteiger partial charge in [0.1, 0.15) is 5.75 Å². The van der Waals surface area contributed by atoms with Crippen LogP contribution in [0.4, 0.5) is 0 Å². The predicted molar refractivity (Wildman–Crippen MR) is 64.1 cm³/mol. The van der Waals surface area contributed by atoms with Crippen LogP contribution in [0.3, 0.4) is 0 Å². The van der Waals surface area contributed by atoms with Crippen molar-refractivity contribution in [2.45, 2.75) is 19.6 Å². The number of nitrogens with two attached hydrogens (primary N) is 1. The van der Waals surface area contributed by atoms with Crippen molar-refractivity contribution in [2.24, 2.45) is 5.73 Å². The molecule has 0 saturated heterocycles. The van der Waals surface area contributed by atoms with Crippen molar-refractivity contribution >= 4 is 21.9 Å². The zero-order valence-electron chi connectivity index (χ0n) is 9.20. The Balaban J connectivity index is 2.91. The maximum absolute atomic E-state index is 11.2. The van der Waals surface area contributed by atoms with Crippen LogP contribution in [-0.4, -0.2) is 19.2 Å². The summed E-state index contributed by atoms with van der Waals surface area (Å²) < 4.78 is 10.9. The Hall–Kier alpha value is -1.07. The van der Waals surface area contributed by atoms with E-state index in [2.05, 4.69) is 20.7 Å². The molecular weight excluding hydrogens is 274 g/mol. The Labute approximate surface area is 103 Å². The maximum atomic E-state index is 11.2. The second-order valence-electron chi connectivity index (χ2n) is 3.22. The first-order valence-electron chi connectivity index (χ1n) is 4.82. The fourth-order valence-electron chi connectivity index (χ4n) is 1.24. The summed E-state index contributed by atoms with van der Waals surface area (Å²) in [5.41, 5.74) is 6.42. The van der Waals surface area contributed by atoms with Crippen LogP contribution in [0, 0.1) is 0 Å². The molecule has 0 aliphatic heterocycles. The maximum Gasteiger partial charge on any atom is 0.346 e. The zero-order chi connectivity index (χ0) is 12.1. The van der Waals surface area contributed by atoms with Gasteiger partial charge in [-0.2, -0.15) is 0 Å². The molecule has 16 heavy (non-hydrogen) atoms. The molecule has 1 aromatic rings. The summed E-state index contributed by atoms with van der Waals surface area (Å²) in [4.78, 5) is 11.2. The van der Waals surface area contributed by atoms with Crippen molar-refractivity contribution in [2.75, 3.05) is 7.11 Å². The highest BCUT2D eigenvalue weighted by Gasteiger charge is 2.17. The number of carbonyl (C=O) groups excluding carboxylic acids is 1. The first-order chi connectivity index (χ1) is 7.60. The number of benzene rings is 1. The Morgan fingerprint density at radius 1 is 1.56 bits per heavy atom. The molecular formula is C11H14BrNO3. The van der Waals surface area contributed by atoms with Gasteiger partial charge in [0.2, 0.25) is 0 Å². The second-order valence-corrected chi connectivity index (χ2v) is 4.07. The van der Waals surface area contributed by atoms with E-state index in [1.807, 2.05) is 18.2 Å². The van der Waals surface area contributed by atoms with Gasteiger partial charge in [-0.3, -0.25) is 0 Å². The van der Waals surface area contributed by atoms with Crippen molar-refractivity contribution < 1.29 is 14.3 Å². The minimum absolute atomic E-state index is 0.350. The summed E-state index contributed by atoms with van der Waals surface area (Å²) in [7, 11) is 1.33. The van der Waals surface area contributed by atoms with Gasteiger partial charge in [-0.15, -0.1) is 0 Å². The molecule has 1 aromatic carbocycles. The van der Waals surface area contributed by atoms with Crippen molar-refractivity contribution in [1.82, 2.24) is 0 Å². The van der Waals surface area contributed by atoms with E-state index in [0.717, 1.165) is 10.0 Å². The summed E-state index contributed by atoms with van der Waals surface area (Å²) in [6, 6.07) is 5.55. The van der Waals surface area contributed by atoms with E-state index in [9.17, 15) is 4.79 Å². The number of carbonyl (C=O) groups is 1. The average molecular weight is 288 g/mol. The van der Waals surface area contributed by atoms with Crippen LogP contribution in [0.1, 0.15) is 12.5 Å². The molecule has 0 heterocycles. The lowest BCUT2D eigenvalue weighted by atomic mass is 10.2. The van der Waals surface area contributed by atoms with Gasteiger partial charge in [0, 0.05) is 12.1 Å². The quantitative estimate of drug-likeness (QED) is 0.859. The van der Waals surface area contributed by atoms with Gasteiger partial charge in [0.15, 0.2) is 6.10 Å². The normalized spacial score (nSPS) is 12.0. The van der Waals surface area contributed by atoms with Gasteiger partial charge in [-0.25, -0.2) is 4.79 Å². The van der Waals surface area contributed by atoms with Crippen LogP contribution in [0.15, 0.2) is 22.7 Å². The monoisotopic (exact) mass is 287 g/mol. The molecule has 1 rings (SSSR count). The van der Waals surface area contributed by atoms with Gasteiger partial charge in [-0.05, 0) is 28.9 Å². The molecule has 0 aliphatic rings. The molecule has 2 N–H and O–H groups in total. The topological polar surface area (TPSA) is 61.5 Å². The summed E-state index contributed by atoms with van der Waals surface area (Å²) >= 11 is 3.35. The fraction of sp³-hybridized carbons (Fsp3) is 0.364. The summed E-state index contributed by atoms with van der Waals surface area (Å²) in [6.45, 7) is 1.98. The second kappa shape index (κ2) is 5.86. The zero-order valence-corrected chi connectivity index (χ0v) is 10.8. The average Bonchev–Trinajstić information content (AvgIpc) is 2.30. The highest BCUT2D eigenvalue weighted by Crippen LogP contribution is 2.29. The number of methoxy groups -OCH3 is 1. The lowest BCUT2D eigenvalue weighted by Crippen LogP contribution is -2.25. The van der Waals surface area contributed by atoms with E-state index < -0.39 is 12.1 Å². The lowest BCUT2D eigenvalue weighted by molar-refractivity contribution is -0.147. The SMILES string of the molecule is COC(=O)C(C)Oc1c(Br)cccc1CN. The van der Waals surface area contributed by atoms with Gasteiger partial charge in [0.25, 0.3) is 0 Å². The van der Waals surface area contributed by atoms with E-state index in [-0.39, 0.29) is 0 Å². The largest absolute Gasteiger partial charge is 0.478 e. The smallest absolute Gasteiger partial charge is 0.346 e. The number of ether oxygens (including phenoxy) is 2. The molecule has 4 nitrogen and oxygen atoms in total. The predicted octanol–water partition coefficient (Wildman–Crippen LogP) is 1.85. The molecule has 0 spiro atoms. The van der Waals surface area contributed by atoms with Gasteiger partial charge >= 0.3 is 5.97 Å². The number of hydrogen-bond donors (Lipinski definition) is 1. The summed E-state index contributed by atoms with van der Waals surface area (Å²) in [5, 5.41) is 0. The van der Waals surface area contributed by atoms with E-state index >= 15 is 0 Å². The summed E-state index contributed by atoms with van der Waals surface area (Å²) in [5.74, 6) is 0.168. The van der Waals surface area contributed by atoms with Crippen molar-refractivity contribution in [3.05, 3.63) is 28.2 Å². The van der Waals surface area contributed by atoms with Crippen LogP contribution in [0.2, 0.25) is 0 Å². The number of rotatable bonds is 4. The molecule has 0 aliphatic carbocycles. The fourth-order valence-corrected chi connectivity index (χ4v) is 1.74. The van der Waals surface area contributed by atoms with Gasteiger partial charge in [-0.1, -0.05) is 12.1 Å². The lowest BCUT2D eigenvalue weighted by Gasteiger charge is -2.16.